The van der Waals surface area contributed by atoms with E-state index in [1.807, 2.05) is 72.8 Å². The first-order valence-electron chi connectivity index (χ1n) is 9.39. The molecule has 1 atom stereocenters. The predicted octanol–water partition coefficient (Wildman–Crippen LogP) is 5.63. The van der Waals surface area contributed by atoms with Gasteiger partial charge in [0.05, 0.1) is 7.11 Å². The van der Waals surface area contributed by atoms with Gasteiger partial charge in [-0.3, -0.25) is 0 Å². The Morgan fingerprint density at radius 2 is 1.18 bits per heavy atom. The summed E-state index contributed by atoms with van der Waals surface area (Å²) in [6.45, 7) is 0. The Balaban J connectivity index is 1.84. The second-order valence-electron chi connectivity index (χ2n) is 7.08. The molecule has 28 heavy (non-hydrogen) atoms. The molecular formula is C26H20O2. The fourth-order valence-electron chi connectivity index (χ4n) is 4.32. The van der Waals surface area contributed by atoms with Crippen molar-refractivity contribution in [2.45, 2.75) is 5.60 Å². The molecule has 2 heteroatoms. The monoisotopic (exact) mass is 364 g/mol. The number of rotatable bonds is 3. The van der Waals surface area contributed by atoms with Crippen LogP contribution in [0.3, 0.4) is 0 Å². The quantitative estimate of drug-likeness (QED) is 0.511. The standard InChI is InChI=1S/C26H20O2/c1-28-19-15-16-22-21-12-6-8-14-24(21)26(27,25(22)17-19)23-13-7-5-11-20(23)18-9-3-2-4-10-18/h2-17,27H,1H3. The topological polar surface area (TPSA) is 29.5 Å². The van der Waals surface area contributed by atoms with Crippen molar-refractivity contribution in [3.05, 3.63) is 114 Å². The zero-order valence-electron chi connectivity index (χ0n) is 15.6. The van der Waals surface area contributed by atoms with Crippen molar-refractivity contribution in [3.63, 3.8) is 0 Å². The maximum absolute atomic E-state index is 12.3. The van der Waals surface area contributed by atoms with Crippen LogP contribution in [0.5, 0.6) is 5.75 Å². The maximum Gasteiger partial charge on any atom is 0.142 e. The highest BCUT2D eigenvalue weighted by Gasteiger charge is 2.44. The Labute approximate surface area is 164 Å². The zero-order chi connectivity index (χ0) is 19.1. The van der Waals surface area contributed by atoms with E-state index in [0.717, 1.165) is 44.7 Å². The molecule has 0 saturated carbocycles. The third kappa shape index (κ3) is 2.32. The van der Waals surface area contributed by atoms with E-state index in [2.05, 4.69) is 24.3 Å². The van der Waals surface area contributed by atoms with E-state index in [0.29, 0.717) is 0 Å². The number of hydrogen-bond acceptors (Lipinski definition) is 2. The third-order valence-electron chi connectivity index (χ3n) is 5.63. The summed E-state index contributed by atoms with van der Waals surface area (Å²) in [5.41, 5.74) is 5.61. The van der Waals surface area contributed by atoms with E-state index in [1.54, 1.807) is 7.11 Å². The Hall–Kier alpha value is -3.36. The molecule has 2 nitrogen and oxygen atoms in total. The van der Waals surface area contributed by atoms with Crippen molar-refractivity contribution < 1.29 is 9.84 Å². The molecule has 0 amide bonds. The first-order valence-corrected chi connectivity index (χ1v) is 9.39. The van der Waals surface area contributed by atoms with Crippen LogP contribution in [0.4, 0.5) is 0 Å². The number of benzene rings is 4. The summed E-state index contributed by atoms with van der Waals surface area (Å²) < 4.78 is 5.47. The lowest BCUT2D eigenvalue weighted by Gasteiger charge is -2.29. The van der Waals surface area contributed by atoms with Gasteiger partial charge in [-0.1, -0.05) is 84.9 Å². The molecule has 0 aromatic heterocycles. The molecular weight excluding hydrogens is 344 g/mol. The molecule has 4 aromatic carbocycles. The van der Waals surface area contributed by atoms with E-state index < -0.39 is 5.60 Å². The number of hydrogen-bond donors (Lipinski definition) is 1. The van der Waals surface area contributed by atoms with Crippen LogP contribution in [0, 0.1) is 0 Å². The normalized spacial score (nSPS) is 17.1. The minimum absolute atomic E-state index is 0.738. The van der Waals surface area contributed by atoms with E-state index >= 15 is 0 Å². The molecule has 136 valence electrons. The highest BCUT2D eigenvalue weighted by Crippen LogP contribution is 2.53. The minimum atomic E-state index is -1.24. The molecule has 4 aromatic rings. The maximum atomic E-state index is 12.3. The molecule has 0 fully saturated rings. The lowest BCUT2D eigenvalue weighted by Crippen LogP contribution is -2.27. The van der Waals surface area contributed by atoms with Gasteiger partial charge >= 0.3 is 0 Å². The Bertz CT molecular complexity index is 1160. The first-order chi connectivity index (χ1) is 13.7. The average Bonchev–Trinajstić information content (AvgIpc) is 3.03. The van der Waals surface area contributed by atoms with Gasteiger partial charge in [0.2, 0.25) is 0 Å². The predicted molar refractivity (Wildman–Crippen MR) is 112 cm³/mol. The molecule has 0 radical (unpaired) electrons. The molecule has 0 bridgehead atoms. The van der Waals surface area contributed by atoms with Crippen LogP contribution in [0.25, 0.3) is 22.3 Å². The molecule has 0 saturated heterocycles. The minimum Gasteiger partial charge on any atom is -0.497 e. The lowest BCUT2D eigenvalue weighted by atomic mass is 9.80. The number of ether oxygens (including phenoxy) is 1. The largest absolute Gasteiger partial charge is 0.497 e. The van der Waals surface area contributed by atoms with Gasteiger partial charge in [-0.2, -0.15) is 0 Å². The average molecular weight is 364 g/mol. The van der Waals surface area contributed by atoms with Gasteiger partial charge < -0.3 is 9.84 Å². The lowest BCUT2D eigenvalue weighted by molar-refractivity contribution is 0.131. The number of methoxy groups -OCH3 is 1. The summed E-state index contributed by atoms with van der Waals surface area (Å²) in [6, 6.07) is 32.3. The van der Waals surface area contributed by atoms with Crippen LogP contribution in [-0.2, 0) is 5.60 Å². The molecule has 0 spiro atoms. The number of aliphatic hydroxyl groups is 1. The van der Waals surface area contributed by atoms with Crippen molar-refractivity contribution >= 4 is 0 Å². The van der Waals surface area contributed by atoms with Crippen LogP contribution < -0.4 is 4.74 Å². The zero-order valence-corrected chi connectivity index (χ0v) is 15.6. The fourth-order valence-corrected chi connectivity index (χ4v) is 4.32. The molecule has 0 aliphatic heterocycles. The van der Waals surface area contributed by atoms with Crippen LogP contribution >= 0.6 is 0 Å². The van der Waals surface area contributed by atoms with Gasteiger partial charge in [0, 0.05) is 16.7 Å². The highest BCUT2D eigenvalue weighted by atomic mass is 16.5. The van der Waals surface area contributed by atoms with Gasteiger partial charge in [-0.05, 0) is 34.4 Å². The third-order valence-corrected chi connectivity index (χ3v) is 5.63. The van der Waals surface area contributed by atoms with Crippen LogP contribution in [0.1, 0.15) is 16.7 Å². The molecule has 5 rings (SSSR count). The summed E-state index contributed by atoms with van der Waals surface area (Å²) in [5.74, 6) is 0.738. The number of fused-ring (bicyclic) bond motifs is 3. The second kappa shape index (κ2) is 6.36. The molecule has 1 N–H and O–H groups in total. The van der Waals surface area contributed by atoms with Crippen molar-refractivity contribution in [2.75, 3.05) is 7.11 Å². The van der Waals surface area contributed by atoms with Crippen LogP contribution in [-0.4, -0.2) is 12.2 Å². The summed E-state index contributed by atoms with van der Waals surface area (Å²) in [4.78, 5) is 0. The Morgan fingerprint density at radius 1 is 0.607 bits per heavy atom. The molecule has 1 aliphatic carbocycles. The fraction of sp³-hybridized carbons (Fsp3) is 0.0769. The Morgan fingerprint density at radius 3 is 1.89 bits per heavy atom. The van der Waals surface area contributed by atoms with Crippen molar-refractivity contribution in [2.24, 2.45) is 0 Å². The van der Waals surface area contributed by atoms with Gasteiger partial charge in [0.15, 0.2) is 0 Å². The van der Waals surface area contributed by atoms with Gasteiger partial charge in [0.25, 0.3) is 0 Å². The first kappa shape index (κ1) is 16.8. The van der Waals surface area contributed by atoms with E-state index in [-0.39, 0.29) is 0 Å². The highest BCUT2D eigenvalue weighted by molar-refractivity contribution is 5.85. The van der Waals surface area contributed by atoms with Crippen molar-refractivity contribution in [1.82, 2.24) is 0 Å². The second-order valence-corrected chi connectivity index (χ2v) is 7.08. The van der Waals surface area contributed by atoms with E-state index in [9.17, 15) is 5.11 Å². The van der Waals surface area contributed by atoms with Crippen molar-refractivity contribution in [1.29, 1.82) is 0 Å². The van der Waals surface area contributed by atoms with Gasteiger partial charge in [-0.15, -0.1) is 0 Å². The molecule has 1 aliphatic rings. The van der Waals surface area contributed by atoms with Crippen LogP contribution in [0.2, 0.25) is 0 Å². The van der Waals surface area contributed by atoms with E-state index in [4.69, 9.17) is 4.74 Å². The van der Waals surface area contributed by atoms with Crippen LogP contribution in [0.15, 0.2) is 97.1 Å². The summed E-state index contributed by atoms with van der Waals surface area (Å²) in [7, 11) is 1.65. The molecule has 0 heterocycles. The van der Waals surface area contributed by atoms with E-state index in [1.165, 1.54) is 0 Å². The Kier molecular flexibility index (Phi) is 3.81. The molecule has 1 unspecified atom stereocenters. The summed E-state index contributed by atoms with van der Waals surface area (Å²) in [6.07, 6.45) is 0. The summed E-state index contributed by atoms with van der Waals surface area (Å²) >= 11 is 0. The van der Waals surface area contributed by atoms with Gasteiger partial charge in [-0.25, -0.2) is 0 Å². The van der Waals surface area contributed by atoms with Gasteiger partial charge in [0.1, 0.15) is 11.4 Å². The van der Waals surface area contributed by atoms with Crippen molar-refractivity contribution in [3.8, 4) is 28.0 Å². The SMILES string of the molecule is COc1ccc2c(c1)C(O)(c1ccccc1-c1ccccc1)c1ccccc1-2. The summed E-state index contributed by atoms with van der Waals surface area (Å²) in [5, 5.41) is 12.3. The smallest absolute Gasteiger partial charge is 0.142 e.